The van der Waals surface area contributed by atoms with Crippen molar-refractivity contribution in [2.24, 2.45) is 5.92 Å². The van der Waals surface area contributed by atoms with Crippen molar-refractivity contribution < 1.29 is 8.42 Å². The van der Waals surface area contributed by atoms with Gasteiger partial charge in [-0.2, -0.15) is 4.31 Å². The molecular weight excluding hydrogens is 286 g/mol. The van der Waals surface area contributed by atoms with E-state index in [4.69, 9.17) is 0 Å². The summed E-state index contributed by atoms with van der Waals surface area (Å²) in [5.41, 5.74) is 0. The minimum Gasteiger partial charge on any atom is -0.370 e. The van der Waals surface area contributed by atoms with Gasteiger partial charge in [-0.15, -0.1) is 0 Å². The summed E-state index contributed by atoms with van der Waals surface area (Å²) in [5.74, 6) is 1.29. The Hall–Kier alpha value is -1.14. The quantitative estimate of drug-likeness (QED) is 0.877. The highest BCUT2D eigenvalue weighted by Gasteiger charge is 2.29. The van der Waals surface area contributed by atoms with Crippen LogP contribution in [0.4, 0.5) is 5.82 Å². The minimum absolute atomic E-state index is 0.336. The lowest BCUT2D eigenvalue weighted by Crippen LogP contribution is -2.38. The summed E-state index contributed by atoms with van der Waals surface area (Å²) in [6.45, 7) is 6.13. The second kappa shape index (κ2) is 7.22. The molecule has 5 nitrogen and oxygen atoms in total. The van der Waals surface area contributed by atoms with Crippen molar-refractivity contribution >= 4 is 15.8 Å². The fraction of sp³-hybridized carbons (Fsp3) is 0.667. The molecule has 0 aliphatic carbocycles. The van der Waals surface area contributed by atoms with Crippen molar-refractivity contribution in [3.63, 3.8) is 0 Å². The van der Waals surface area contributed by atoms with Crippen LogP contribution >= 0.6 is 0 Å². The van der Waals surface area contributed by atoms with E-state index in [0.717, 1.165) is 19.4 Å². The first kappa shape index (κ1) is 16.2. The third-order valence-corrected chi connectivity index (χ3v) is 5.89. The molecule has 1 aromatic heterocycles. The summed E-state index contributed by atoms with van der Waals surface area (Å²) in [4.78, 5) is 4.47. The Bertz CT molecular complexity index is 552. The molecule has 2 rings (SSSR count). The predicted octanol–water partition coefficient (Wildman–Crippen LogP) is 2.71. The fourth-order valence-corrected chi connectivity index (χ4v) is 4.33. The standard InChI is InChI=1S/C15H25N3O2S/c1-3-5-13-7-10-18(11-8-13)21(19,20)14-6-9-17-15(12-14)16-4-2/h6,9,12-13H,3-5,7-8,10-11H2,1-2H3,(H,16,17). The monoisotopic (exact) mass is 311 g/mol. The molecule has 0 saturated carbocycles. The Kier molecular flexibility index (Phi) is 5.58. The molecule has 0 atom stereocenters. The van der Waals surface area contributed by atoms with Gasteiger partial charge in [-0.1, -0.05) is 19.8 Å². The molecule has 1 fully saturated rings. The zero-order valence-corrected chi connectivity index (χ0v) is 13.7. The van der Waals surface area contributed by atoms with E-state index < -0.39 is 10.0 Å². The molecule has 0 amide bonds. The average Bonchev–Trinajstić information content (AvgIpc) is 2.49. The smallest absolute Gasteiger partial charge is 0.243 e. The first-order chi connectivity index (χ1) is 10.1. The number of hydrogen-bond acceptors (Lipinski definition) is 4. The maximum Gasteiger partial charge on any atom is 0.243 e. The molecule has 1 aromatic rings. The third kappa shape index (κ3) is 3.95. The van der Waals surface area contributed by atoms with Gasteiger partial charge >= 0.3 is 0 Å². The van der Waals surface area contributed by atoms with E-state index in [2.05, 4.69) is 17.2 Å². The molecule has 6 heteroatoms. The maximum absolute atomic E-state index is 12.7. The van der Waals surface area contributed by atoms with E-state index in [1.807, 2.05) is 6.92 Å². The Morgan fingerprint density at radius 3 is 2.67 bits per heavy atom. The number of nitrogens with one attached hydrogen (secondary N) is 1. The van der Waals surface area contributed by atoms with Crippen LogP contribution in [-0.4, -0.2) is 37.3 Å². The molecule has 1 aliphatic rings. The number of pyridine rings is 1. The zero-order chi connectivity index (χ0) is 15.3. The lowest BCUT2D eigenvalue weighted by Gasteiger charge is -2.31. The van der Waals surface area contributed by atoms with Gasteiger partial charge in [0.05, 0.1) is 4.90 Å². The van der Waals surface area contributed by atoms with Crippen LogP contribution in [0.5, 0.6) is 0 Å². The van der Waals surface area contributed by atoms with Crippen LogP contribution in [-0.2, 0) is 10.0 Å². The highest BCUT2D eigenvalue weighted by atomic mass is 32.2. The van der Waals surface area contributed by atoms with E-state index in [1.54, 1.807) is 22.6 Å². The van der Waals surface area contributed by atoms with E-state index in [0.29, 0.717) is 29.7 Å². The highest BCUT2D eigenvalue weighted by molar-refractivity contribution is 7.89. The molecule has 0 unspecified atom stereocenters. The Morgan fingerprint density at radius 1 is 1.33 bits per heavy atom. The van der Waals surface area contributed by atoms with Crippen molar-refractivity contribution in [1.82, 2.24) is 9.29 Å². The van der Waals surface area contributed by atoms with Crippen molar-refractivity contribution in [2.75, 3.05) is 25.0 Å². The number of sulfonamides is 1. The molecular formula is C15H25N3O2S. The largest absolute Gasteiger partial charge is 0.370 e. The molecule has 0 radical (unpaired) electrons. The number of piperidine rings is 1. The third-order valence-electron chi connectivity index (χ3n) is 4.00. The van der Waals surface area contributed by atoms with E-state index in [1.165, 1.54) is 12.8 Å². The van der Waals surface area contributed by atoms with Gasteiger partial charge in [-0.3, -0.25) is 0 Å². The summed E-state index contributed by atoms with van der Waals surface area (Å²) in [6, 6.07) is 3.20. The van der Waals surface area contributed by atoms with Crippen molar-refractivity contribution in [2.45, 2.75) is 44.4 Å². The summed E-state index contributed by atoms with van der Waals surface area (Å²) in [6.07, 6.45) is 5.87. The van der Waals surface area contributed by atoms with Gasteiger partial charge in [-0.05, 0) is 31.7 Å². The van der Waals surface area contributed by atoms with Crippen molar-refractivity contribution in [3.8, 4) is 0 Å². The first-order valence-corrected chi connectivity index (χ1v) is 9.22. The summed E-state index contributed by atoms with van der Waals surface area (Å²) in [5, 5.41) is 3.05. The number of hydrogen-bond donors (Lipinski definition) is 1. The normalized spacial score (nSPS) is 17.8. The lowest BCUT2D eigenvalue weighted by molar-refractivity contribution is 0.262. The molecule has 0 bridgehead atoms. The van der Waals surface area contributed by atoms with Crippen LogP contribution < -0.4 is 5.32 Å². The van der Waals surface area contributed by atoms with Crippen LogP contribution in [0.2, 0.25) is 0 Å². The topological polar surface area (TPSA) is 62.3 Å². The SMILES string of the molecule is CCCC1CCN(S(=O)(=O)c2ccnc(NCC)c2)CC1. The summed E-state index contributed by atoms with van der Waals surface area (Å²) in [7, 11) is -3.39. The van der Waals surface area contributed by atoms with Gasteiger partial charge in [0.2, 0.25) is 10.0 Å². The molecule has 0 aromatic carbocycles. The summed E-state index contributed by atoms with van der Waals surface area (Å²) >= 11 is 0. The Balaban J connectivity index is 2.10. The van der Waals surface area contributed by atoms with Gasteiger partial charge in [0, 0.05) is 31.9 Å². The Morgan fingerprint density at radius 2 is 2.05 bits per heavy atom. The van der Waals surface area contributed by atoms with Crippen LogP contribution in [0, 0.1) is 5.92 Å². The van der Waals surface area contributed by atoms with Gasteiger partial charge in [0.1, 0.15) is 5.82 Å². The predicted molar refractivity (Wildman–Crippen MR) is 84.8 cm³/mol. The van der Waals surface area contributed by atoms with E-state index in [9.17, 15) is 8.42 Å². The molecule has 21 heavy (non-hydrogen) atoms. The number of aromatic nitrogens is 1. The fourth-order valence-electron chi connectivity index (χ4n) is 2.85. The molecule has 1 N–H and O–H groups in total. The first-order valence-electron chi connectivity index (χ1n) is 7.78. The van der Waals surface area contributed by atoms with Crippen molar-refractivity contribution in [1.29, 1.82) is 0 Å². The van der Waals surface area contributed by atoms with E-state index in [-0.39, 0.29) is 0 Å². The van der Waals surface area contributed by atoms with E-state index >= 15 is 0 Å². The number of anilines is 1. The van der Waals surface area contributed by atoms with Crippen LogP contribution in [0.15, 0.2) is 23.2 Å². The molecule has 118 valence electrons. The lowest BCUT2D eigenvalue weighted by atomic mass is 9.94. The van der Waals surface area contributed by atoms with Gasteiger partial charge in [0.25, 0.3) is 0 Å². The van der Waals surface area contributed by atoms with Crippen molar-refractivity contribution in [3.05, 3.63) is 18.3 Å². The van der Waals surface area contributed by atoms with Gasteiger partial charge in [-0.25, -0.2) is 13.4 Å². The van der Waals surface area contributed by atoms with Gasteiger partial charge < -0.3 is 5.32 Å². The Labute approximate surface area is 127 Å². The van der Waals surface area contributed by atoms with Crippen LogP contribution in [0.1, 0.15) is 39.5 Å². The number of rotatable bonds is 6. The average molecular weight is 311 g/mol. The maximum atomic E-state index is 12.7. The highest BCUT2D eigenvalue weighted by Crippen LogP contribution is 2.26. The van der Waals surface area contributed by atoms with Crippen LogP contribution in [0.25, 0.3) is 0 Å². The zero-order valence-electron chi connectivity index (χ0n) is 12.9. The molecule has 0 spiro atoms. The minimum atomic E-state index is -3.39. The molecule has 1 aliphatic heterocycles. The molecule has 1 saturated heterocycles. The van der Waals surface area contributed by atoms with Gasteiger partial charge in [0.15, 0.2) is 0 Å². The second-order valence-electron chi connectivity index (χ2n) is 5.54. The molecule has 2 heterocycles. The number of nitrogens with zero attached hydrogens (tertiary/aromatic N) is 2. The second-order valence-corrected chi connectivity index (χ2v) is 7.48. The summed E-state index contributed by atoms with van der Waals surface area (Å²) < 4.78 is 27.0. The van der Waals surface area contributed by atoms with Crippen LogP contribution in [0.3, 0.4) is 0 Å².